The predicted molar refractivity (Wildman–Crippen MR) is 104 cm³/mol. The standard InChI is InChI=1S/C19H16N8O/c1-11-5-14-12(8-21-11)7-17(18(20)24-14)28-10-15-16(27-4-2-3-23-27)6-13-9-22-26-19(13)25-15/h2-9H,10H2,1H3,(H2,20,24)(H,22,25,26). The number of H-pyrrole nitrogens is 1. The molecule has 28 heavy (non-hydrogen) atoms. The van der Waals surface area contributed by atoms with Crippen LogP contribution in [0.2, 0.25) is 0 Å². The molecule has 0 aromatic carbocycles. The smallest absolute Gasteiger partial charge is 0.166 e. The molecule has 0 bridgehead atoms. The van der Waals surface area contributed by atoms with Crippen LogP contribution in [-0.2, 0) is 6.61 Å². The first-order chi connectivity index (χ1) is 13.7. The van der Waals surface area contributed by atoms with Crippen LogP contribution in [0.15, 0.2) is 49.1 Å². The Morgan fingerprint density at radius 3 is 2.93 bits per heavy atom. The number of nitrogens with zero attached hydrogens (tertiary/aromatic N) is 6. The monoisotopic (exact) mass is 372 g/mol. The van der Waals surface area contributed by atoms with E-state index < -0.39 is 0 Å². The quantitative estimate of drug-likeness (QED) is 0.497. The number of anilines is 1. The fourth-order valence-electron chi connectivity index (χ4n) is 3.05. The van der Waals surface area contributed by atoms with Gasteiger partial charge in [0.15, 0.2) is 17.2 Å². The van der Waals surface area contributed by atoms with E-state index in [0.717, 1.165) is 27.7 Å². The van der Waals surface area contributed by atoms with Crippen molar-refractivity contribution >= 4 is 27.8 Å². The normalized spacial score (nSPS) is 11.3. The highest BCUT2D eigenvalue weighted by molar-refractivity contribution is 5.82. The Morgan fingerprint density at radius 2 is 2.07 bits per heavy atom. The number of hydrogen-bond donors (Lipinski definition) is 2. The highest BCUT2D eigenvalue weighted by Crippen LogP contribution is 2.27. The molecular weight excluding hydrogens is 356 g/mol. The number of aromatic nitrogens is 7. The minimum absolute atomic E-state index is 0.195. The Balaban J connectivity index is 1.52. The number of nitrogens with two attached hydrogens (primary N) is 1. The summed E-state index contributed by atoms with van der Waals surface area (Å²) in [5.74, 6) is 0.803. The van der Waals surface area contributed by atoms with Crippen molar-refractivity contribution in [2.75, 3.05) is 5.73 Å². The van der Waals surface area contributed by atoms with Crippen molar-refractivity contribution in [3.63, 3.8) is 0 Å². The van der Waals surface area contributed by atoms with Gasteiger partial charge in [0, 0.05) is 35.1 Å². The summed E-state index contributed by atoms with van der Waals surface area (Å²) in [5.41, 5.74) is 9.95. The third kappa shape index (κ3) is 2.78. The van der Waals surface area contributed by atoms with Gasteiger partial charge in [-0.3, -0.25) is 10.1 Å². The summed E-state index contributed by atoms with van der Waals surface area (Å²) in [4.78, 5) is 13.4. The van der Waals surface area contributed by atoms with Crippen molar-refractivity contribution in [3.8, 4) is 11.4 Å². The van der Waals surface area contributed by atoms with E-state index in [1.165, 1.54) is 0 Å². The molecule has 0 aliphatic heterocycles. The van der Waals surface area contributed by atoms with Gasteiger partial charge in [-0.1, -0.05) is 0 Å². The summed E-state index contributed by atoms with van der Waals surface area (Å²) in [6.45, 7) is 2.11. The van der Waals surface area contributed by atoms with Crippen LogP contribution >= 0.6 is 0 Å². The van der Waals surface area contributed by atoms with E-state index in [1.807, 2.05) is 37.4 Å². The number of aryl methyl sites for hydroxylation is 1. The van der Waals surface area contributed by atoms with Gasteiger partial charge in [0.1, 0.15) is 12.3 Å². The Labute approximate surface area is 159 Å². The van der Waals surface area contributed by atoms with E-state index in [4.69, 9.17) is 10.5 Å². The maximum atomic E-state index is 6.10. The number of nitrogen functional groups attached to an aromatic ring is 1. The van der Waals surface area contributed by atoms with Crippen molar-refractivity contribution in [1.29, 1.82) is 0 Å². The Morgan fingerprint density at radius 1 is 1.14 bits per heavy atom. The molecule has 5 aromatic rings. The van der Waals surface area contributed by atoms with Crippen LogP contribution in [0.5, 0.6) is 5.75 Å². The van der Waals surface area contributed by atoms with Crippen LogP contribution in [0.4, 0.5) is 5.82 Å². The molecule has 0 saturated carbocycles. The highest BCUT2D eigenvalue weighted by atomic mass is 16.5. The lowest BCUT2D eigenvalue weighted by atomic mass is 10.2. The third-order valence-electron chi connectivity index (χ3n) is 4.43. The number of ether oxygens (including phenoxy) is 1. The predicted octanol–water partition coefficient (Wildman–Crippen LogP) is 2.56. The van der Waals surface area contributed by atoms with Crippen molar-refractivity contribution < 1.29 is 4.74 Å². The zero-order valence-electron chi connectivity index (χ0n) is 15.0. The fourth-order valence-corrected chi connectivity index (χ4v) is 3.05. The molecule has 9 nitrogen and oxygen atoms in total. The summed E-state index contributed by atoms with van der Waals surface area (Å²) >= 11 is 0. The maximum absolute atomic E-state index is 6.10. The topological polar surface area (TPSA) is 120 Å². The van der Waals surface area contributed by atoms with Crippen molar-refractivity contribution in [3.05, 3.63) is 60.4 Å². The van der Waals surface area contributed by atoms with Gasteiger partial charge in [-0.15, -0.1) is 0 Å². The maximum Gasteiger partial charge on any atom is 0.166 e. The summed E-state index contributed by atoms with van der Waals surface area (Å²) in [6.07, 6.45) is 7.05. The lowest BCUT2D eigenvalue weighted by Gasteiger charge is -2.12. The largest absolute Gasteiger partial charge is 0.483 e. The van der Waals surface area contributed by atoms with E-state index in [-0.39, 0.29) is 6.61 Å². The van der Waals surface area contributed by atoms with Gasteiger partial charge < -0.3 is 10.5 Å². The van der Waals surface area contributed by atoms with Gasteiger partial charge in [0.2, 0.25) is 0 Å². The molecule has 0 aliphatic carbocycles. The van der Waals surface area contributed by atoms with Crippen molar-refractivity contribution in [1.82, 2.24) is 34.9 Å². The molecule has 9 heteroatoms. The van der Waals surface area contributed by atoms with Crippen LogP contribution in [0.1, 0.15) is 11.4 Å². The number of pyridine rings is 3. The van der Waals surface area contributed by atoms with Gasteiger partial charge in [0.05, 0.1) is 17.4 Å². The fraction of sp³-hybridized carbons (Fsp3) is 0.105. The van der Waals surface area contributed by atoms with Crippen LogP contribution in [0, 0.1) is 6.92 Å². The molecule has 0 amide bonds. The Kier molecular flexibility index (Phi) is 3.64. The van der Waals surface area contributed by atoms with Gasteiger partial charge in [-0.05, 0) is 31.2 Å². The Bertz CT molecular complexity index is 1290. The van der Waals surface area contributed by atoms with Crippen LogP contribution in [-0.4, -0.2) is 34.9 Å². The summed E-state index contributed by atoms with van der Waals surface area (Å²) in [7, 11) is 0. The number of hydrogen-bond acceptors (Lipinski definition) is 7. The van der Waals surface area contributed by atoms with Crippen LogP contribution in [0.25, 0.3) is 27.6 Å². The molecule has 0 unspecified atom stereocenters. The van der Waals surface area contributed by atoms with Crippen LogP contribution < -0.4 is 10.5 Å². The molecule has 0 aliphatic rings. The zero-order chi connectivity index (χ0) is 19.1. The summed E-state index contributed by atoms with van der Waals surface area (Å²) in [6, 6.07) is 7.54. The second-order valence-corrected chi connectivity index (χ2v) is 6.39. The molecule has 5 aromatic heterocycles. The first kappa shape index (κ1) is 16.2. The molecule has 3 N–H and O–H groups in total. The second-order valence-electron chi connectivity index (χ2n) is 6.39. The number of aromatic amines is 1. The summed E-state index contributed by atoms with van der Waals surface area (Å²) in [5, 5.41) is 13.0. The number of fused-ring (bicyclic) bond motifs is 2. The van der Waals surface area contributed by atoms with E-state index in [2.05, 4.69) is 30.2 Å². The minimum atomic E-state index is 0.195. The molecule has 5 heterocycles. The first-order valence-electron chi connectivity index (χ1n) is 8.66. The van der Waals surface area contributed by atoms with Gasteiger partial charge in [0.25, 0.3) is 0 Å². The van der Waals surface area contributed by atoms with Crippen LogP contribution in [0.3, 0.4) is 0 Å². The lowest BCUT2D eigenvalue weighted by Crippen LogP contribution is -2.08. The number of rotatable bonds is 4. The molecule has 0 atom stereocenters. The highest BCUT2D eigenvalue weighted by Gasteiger charge is 2.13. The van der Waals surface area contributed by atoms with Crippen molar-refractivity contribution in [2.24, 2.45) is 0 Å². The molecule has 0 fully saturated rings. The average Bonchev–Trinajstić information content (AvgIpc) is 3.37. The second kappa shape index (κ2) is 6.31. The average molecular weight is 372 g/mol. The molecule has 0 spiro atoms. The first-order valence-corrected chi connectivity index (χ1v) is 8.66. The van der Waals surface area contributed by atoms with Gasteiger partial charge in [-0.25, -0.2) is 14.6 Å². The molecule has 138 valence electrons. The zero-order valence-corrected chi connectivity index (χ0v) is 15.0. The van der Waals surface area contributed by atoms with Gasteiger partial charge >= 0.3 is 0 Å². The molecular formula is C19H16N8O. The van der Waals surface area contributed by atoms with E-state index in [9.17, 15) is 0 Å². The van der Waals surface area contributed by atoms with E-state index in [1.54, 1.807) is 23.3 Å². The number of nitrogens with one attached hydrogen (secondary N) is 1. The molecule has 5 rings (SSSR count). The third-order valence-corrected chi connectivity index (χ3v) is 4.43. The lowest BCUT2D eigenvalue weighted by molar-refractivity contribution is 0.302. The Hall–Kier alpha value is -4.01. The van der Waals surface area contributed by atoms with E-state index >= 15 is 0 Å². The SMILES string of the molecule is Cc1cc2nc(N)c(OCc3nc4[nH]ncc4cc3-n3cccn3)cc2cn1. The van der Waals surface area contributed by atoms with Gasteiger partial charge in [-0.2, -0.15) is 10.2 Å². The molecule has 0 saturated heterocycles. The minimum Gasteiger partial charge on any atom is -0.483 e. The van der Waals surface area contributed by atoms with E-state index in [0.29, 0.717) is 22.9 Å². The summed E-state index contributed by atoms with van der Waals surface area (Å²) < 4.78 is 7.72. The molecule has 0 radical (unpaired) electrons. The van der Waals surface area contributed by atoms with Crippen molar-refractivity contribution in [2.45, 2.75) is 13.5 Å².